The van der Waals surface area contributed by atoms with Crippen LogP contribution in [0.5, 0.6) is 0 Å². The first kappa shape index (κ1) is 33.6. The molecule has 264 valence electrons. The summed E-state index contributed by atoms with van der Waals surface area (Å²) < 4.78 is 0. The van der Waals surface area contributed by atoms with Gasteiger partial charge < -0.3 is 0 Å². The van der Waals surface area contributed by atoms with Crippen molar-refractivity contribution in [1.29, 1.82) is 0 Å². The number of benzene rings is 9. The number of fused-ring (bicyclic) bond motifs is 2. The van der Waals surface area contributed by atoms with E-state index in [1.54, 1.807) is 0 Å². The van der Waals surface area contributed by atoms with Gasteiger partial charge in [-0.1, -0.05) is 189 Å². The van der Waals surface area contributed by atoms with E-state index >= 15 is 0 Å². The Bertz CT molecular complexity index is 2940. The fourth-order valence-electron chi connectivity index (χ4n) is 10.6. The molecule has 0 heterocycles. The molecular formula is C54H45B. The maximum atomic E-state index is 2.62. The van der Waals surface area contributed by atoms with E-state index < -0.39 is 0 Å². The Kier molecular flexibility index (Phi) is 7.86. The summed E-state index contributed by atoms with van der Waals surface area (Å²) in [5.74, 6) is 0. The third-order valence-electron chi connectivity index (χ3n) is 12.7. The van der Waals surface area contributed by atoms with E-state index in [1.807, 2.05) is 0 Å². The number of hydrogen-bond donors (Lipinski definition) is 0. The molecule has 0 atom stereocenters. The maximum Gasteiger partial charge on any atom is 0.242 e. The van der Waals surface area contributed by atoms with Crippen LogP contribution in [-0.2, 0) is 12.8 Å². The van der Waals surface area contributed by atoms with Crippen LogP contribution in [-0.4, -0.2) is 6.71 Å². The number of aryl methyl sites for hydroxylation is 8. The van der Waals surface area contributed by atoms with Gasteiger partial charge in [0.25, 0.3) is 0 Å². The number of hydrogen-bond acceptors (Lipinski definition) is 0. The fourth-order valence-corrected chi connectivity index (χ4v) is 10.6. The van der Waals surface area contributed by atoms with Gasteiger partial charge in [0.2, 0.25) is 6.71 Å². The summed E-state index contributed by atoms with van der Waals surface area (Å²) in [4.78, 5) is 0. The molecular weight excluding hydrogens is 659 g/mol. The summed E-state index contributed by atoms with van der Waals surface area (Å²) in [6.45, 7) is 13.9. The first-order valence-corrected chi connectivity index (χ1v) is 19.9. The summed E-state index contributed by atoms with van der Waals surface area (Å²) in [6.07, 6.45) is 2.05. The molecule has 0 spiro atoms. The summed E-state index contributed by atoms with van der Waals surface area (Å²) >= 11 is 0. The largest absolute Gasteiger partial charge is 0.242 e. The van der Waals surface area contributed by atoms with Crippen molar-refractivity contribution in [2.45, 2.75) is 54.4 Å². The minimum atomic E-state index is 0.0902. The Morgan fingerprint density at radius 2 is 0.855 bits per heavy atom. The quantitative estimate of drug-likeness (QED) is 0.124. The molecule has 1 aliphatic rings. The highest BCUT2D eigenvalue weighted by Gasteiger charge is 2.33. The molecule has 0 aromatic heterocycles. The smallest absolute Gasteiger partial charge is 0.0642 e. The standard InChI is InChI=1S/C54H45B/c1-32-27-34(3)53(35(4)28-32)55(54-36(5)29-33(2)30-37(54)6)50-31-49(44-20-12-16-39-14-8-10-18-42(39)44)47-26-25-46-45(23-21-40-22-24-48(50)52(47)51(40)46)43-19-11-15-38-13-7-9-17-41(38)43/h7-21,23,25-31H,22,24H2,1-6H3. The molecule has 0 amide bonds. The SMILES string of the molecule is Cc1cc(C)c(B(c2cc(-c3cccc4ccccc34)c3ccc4c(-c5cccc6ccccc56)ccc5c4c3c2CC5)c2c(C)cc(C)cc2C)c(C)c1. The molecule has 0 unspecified atom stereocenters. The molecule has 0 fully saturated rings. The summed E-state index contributed by atoms with van der Waals surface area (Å²) in [5, 5.41) is 10.7. The minimum absolute atomic E-state index is 0.0902. The van der Waals surface area contributed by atoms with Gasteiger partial charge in [-0.25, -0.2) is 0 Å². The van der Waals surface area contributed by atoms with Gasteiger partial charge in [0, 0.05) is 0 Å². The fraction of sp³-hybridized carbons (Fsp3) is 0.148. The second-order valence-corrected chi connectivity index (χ2v) is 16.3. The van der Waals surface area contributed by atoms with Gasteiger partial charge in [-0.15, -0.1) is 0 Å². The van der Waals surface area contributed by atoms with Crippen LogP contribution >= 0.6 is 0 Å². The lowest BCUT2D eigenvalue weighted by molar-refractivity contribution is 0.974. The molecule has 0 radical (unpaired) electrons. The van der Waals surface area contributed by atoms with E-state index in [0.29, 0.717) is 0 Å². The topological polar surface area (TPSA) is 0 Å². The molecule has 0 saturated carbocycles. The molecule has 1 aliphatic carbocycles. The molecule has 9 aromatic carbocycles. The van der Waals surface area contributed by atoms with Crippen molar-refractivity contribution in [3.8, 4) is 22.3 Å². The Labute approximate surface area is 325 Å². The average Bonchev–Trinajstić information content (AvgIpc) is 3.18. The zero-order valence-corrected chi connectivity index (χ0v) is 32.8. The van der Waals surface area contributed by atoms with Crippen molar-refractivity contribution in [3.05, 3.63) is 184 Å². The second-order valence-electron chi connectivity index (χ2n) is 16.3. The van der Waals surface area contributed by atoms with Crippen LogP contribution in [0, 0.1) is 41.5 Å². The Morgan fingerprint density at radius 3 is 1.42 bits per heavy atom. The van der Waals surface area contributed by atoms with Gasteiger partial charge in [-0.05, 0) is 131 Å². The lowest BCUT2D eigenvalue weighted by Gasteiger charge is -2.30. The first-order valence-electron chi connectivity index (χ1n) is 19.9. The molecule has 0 N–H and O–H groups in total. The number of rotatable bonds is 5. The van der Waals surface area contributed by atoms with E-state index in [9.17, 15) is 0 Å². The normalized spacial score (nSPS) is 12.4. The molecule has 0 aliphatic heterocycles. The van der Waals surface area contributed by atoms with Crippen molar-refractivity contribution in [1.82, 2.24) is 0 Å². The van der Waals surface area contributed by atoms with E-state index in [2.05, 4.69) is 181 Å². The molecule has 0 nitrogen and oxygen atoms in total. The average molecular weight is 705 g/mol. The van der Waals surface area contributed by atoms with Crippen LogP contribution in [0.2, 0.25) is 0 Å². The Morgan fingerprint density at radius 1 is 0.382 bits per heavy atom. The third kappa shape index (κ3) is 5.28. The van der Waals surface area contributed by atoms with E-state index in [1.165, 1.54) is 126 Å². The van der Waals surface area contributed by atoms with Crippen molar-refractivity contribution in [2.24, 2.45) is 0 Å². The highest BCUT2D eigenvalue weighted by Crippen LogP contribution is 2.45. The monoisotopic (exact) mass is 704 g/mol. The van der Waals surface area contributed by atoms with Gasteiger partial charge in [0.15, 0.2) is 0 Å². The van der Waals surface area contributed by atoms with Crippen molar-refractivity contribution in [2.75, 3.05) is 0 Å². The molecule has 1 heteroatoms. The van der Waals surface area contributed by atoms with Crippen LogP contribution in [0.4, 0.5) is 0 Å². The molecule has 0 bridgehead atoms. The maximum absolute atomic E-state index is 2.62. The van der Waals surface area contributed by atoms with E-state index in [-0.39, 0.29) is 6.71 Å². The lowest BCUT2D eigenvalue weighted by atomic mass is 9.33. The zero-order chi connectivity index (χ0) is 37.5. The highest BCUT2D eigenvalue weighted by molar-refractivity contribution is 6.97. The Hall–Kier alpha value is -5.92. The highest BCUT2D eigenvalue weighted by atomic mass is 14.3. The van der Waals surface area contributed by atoms with Crippen molar-refractivity contribution >= 4 is 66.2 Å². The lowest BCUT2D eigenvalue weighted by Crippen LogP contribution is -2.57. The van der Waals surface area contributed by atoms with Crippen LogP contribution in [0.15, 0.2) is 140 Å². The van der Waals surface area contributed by atoms with Gasteiger partial charge in [-0.2, -0.15) is 0 Å². The predicted octanol–water partition coefficient (Wildman–Crippen LogP) is 12.1. The van der Waals surface area contributed by atoms with Gasteiger partial charge in [0.1, 0.15) is 0 Å². The van der Waals surface area contributed by atoms with Gasteiger partial charge >= 0.3 is 0 Å². The first-order chi connectivity index (χ1) is 26.8. The van der Waals surface area contributed by atoms with Crippen molar-refractivity contribution < 1.29 is 0 Å². The van der Waals surface area contributed by atoms with Crippen molar-refractivity contribution in [3.63, 3.8) is 0 Å². The Balaban J connectivity index is 1.39. The molecule has 10 rings (SSSR count). The van der Waals surface area contributed by atoms with E-state index in [0.717, 1.165) is 12.8 Å². The van der Waals surface area contributed by atoms with Gasteiger partial charge in [-0.3, -0.25) is 0 Å². The zero-order valence-electron chi connectivity index (χ0n) is 32.8. The van der Waals surface area contributed by atoms with Gasteiger partial charge in [0.05, 0.1) is 0 Å². The van der Waals surface area contributed by atoms with Crippen LogP contribution in [0.25, 0.3) is 65.3 Å². The second kappa shape index (κ2) is 12.8. The third-order valence-corrected chi connectivity index (χ3v) is 12.7. The predicted molar refractivity (Wildman–Crippen MR) is 241 cm³/mol. The summed E-state index contributed by atoms with van der Waals surface area (Å²) in [7, 11) is 0. The molecule has 55 heavy (non-hydrogen) atoms. The molecule has 0 saturated heterocycles. The van der Waals surface area contributed by atoms with E-state index in [4.69, 9.17) is 0 Å². The summed E-state index contributed by atoms with van der Waals surface area (Å²) in [5.41, 5.74) is 20.7. The summed E-state index contributed by atoms with van der Waals surface area (Å²) in [6, 6.07) is 53.3. The van der Waals surface area contributed by atoms with Crippen LogP contribution < -0.4 is 16.4 Å². The van der Waals surface area contributed by atoms with Crippen LogP contribution in [0.1, 0.15) is 44.5 Å². The minimum Gasteiger partial charge on any atom is -0.0642 e. The van der Waals surface area contributed by atoms with Crippen LogP contribution in [0.3, 0.4) is 0 Å². The molecule has 9 aromatic rings.